The molecule has 1 amide bonds. The molecule has 132 valence electrons. The van der Waals surface area contributed by atoms with Crippen LogP contribution in [-0.2, 0) is 4.79 Å². The highest BCUT2D eigenvalue weighted by molar-refractivity contribution is 5.75. The van der Waals surface area contributed by atoms with Gasteiger partial charge in [0.2, 0.25) is 5.91 Å². The Labute approximate surface area is 139 Å². The van der Waals surface area contributed by atoms with Crippen LogP contribution in [0.3, 0.4) is 0 Å². The number of carbonyl (C=O) groups excluding carboxylic acids is 1. The van der Waals surface area contributed by atoms with Crippen LogP contribution in [0.4, 0.5) is 0 Å². The van der Waals surface area contributed by atoms with Crippen LogP contribution in [0.5, 0.6) is 0 Å². The normalized spacial score (nSPS) is 11.1. The fraction of sp³-hybridized carbons (Fsp3) is 0.947. The van der Waals surface area contributed by atoms with Gasteiger partial charge < -0.3 is 10.6 Å². The summed E-state index contributed by atoms with van der Waals surface area (Å²) in [5, 5.41) is 6.26. The van der Waals surface area contributed by atoms with Crippen LogP contribution >= 0.6 is 0 Å². The summed E-state index contributed by atoms with van der Waals surface area (Å²) < 4.78 is 0. The highest BCUT2D eigenvalue weighted by Gasteiger charge is 2.00. The zero-order valence-electron chi connectivity index (χ0n) is 15.4. The van der Waals surface area contributed by atoms with E-state index in [1.807, 2.05) is 0 Å². The van der Waals surface area contributed by atoms with E-state index in [1.165, 1.54) is 51.4 Å². The topological polar surface area (TPSA) is 41.1 Å². The van der Waals surface area contributed by atoms with E-state index in [2.05, 4.69) is 31.4 Å². The Hall–Kier alpha value is -0.570. The zero-order valence-corrected chi connectivity index (χ0v) is 15.4. The Bertz CT molecular complexity index is 242. The lowest BCUT2D eigenvalue weighted by molar-refractivity contribution is -0.121. The summed E-state index contributed by atoms with van der Waals surface area (Å²) in [6.07, 6.45) is 13.6. The molecule has 2 N–H and O–H groups in total. The van der Waals surface area contributed by atoms with E-state index in [0.29, 0.717) is 6.42 Å². The minimum atomic E-state index is 0.215. The van der Waals surface area contributed by atoms with Crippen LogP contribution in [-0.4, -0.2) is 25.5 Å². The molecule has 0 radical (unpaired) electrons. The van der Waals surface area contributed by atoms with Gasteiger partial charge in [0.05, 0.1) is 0 Å². The minimum Gasteiger partial charge on any atom is -0.355 e. The molecular weight excluding hydrogens is 272 g/mol. The van der Waals surface area contributed by atoms with Gasteiger partial charge in [-0.05, 0) is 25.3 Å². The molecule has 0 heterocycles. The molecule has 0 spiro atoms. The van der Waals surface area contributed by atoms with Crippen molar-refractivity contribution in [3.8, 4) is 0 Å². The number of hydrogen-bond acceptors (Lipinski definition) is 2. The Morgan fingerprint density at radius 1 is 0.818 bits per heavy atom. The van der Waals surface area contributed by atoms with E-state index in [-0.39, 0.29) is 5.91 Å². The first-order chi connectivity index (χ1) is 10.7. The average molecular weight is 313 g/mol. The molecule has 0 saturated heterocycles. The Balaban J connectivity index is 3.13. The highest BCUT2D eigenvalue weighted by Crippen LogP contribution is 2.12. The van der Waals surface area contributed by atoms with Gasteiger partial charge in [0, 0.05) is 19.5 Å². The van der Waals surface area contributed by atoms with Gasteiger partial charge in [-0.25, -0.2) is 0 Å². The molecule has 22 heavy (non-hydrogen) atoms. The van der Waals surface area contributed by atoms with Crippen molar-refractivity contribution in [1.29, 1.82) is 0 Å². The summed E-state index contributed by atoms with van der Waals surface area (Å²) in [5.41, 5.74) is 0. The predicted molar refractivity (Wildman–Crippen MR) is 97.2 cm³/mol. The number of unbranched alkanes of at least 4 members (excludes halogenated alkanes) is 7. The molecule has 0 rings (SSSR count). The molecule has 0 bridgehead atoms. The first kappa shape index (κ1) is 21.4. The lowest BCUT2D eigenvalue weighted by Crippen LogP contribution is -2.31. The number of carbonyl (C=O) groups is 1. The first-order valence-corrected chi connectivity index (χ1v) is 9.64. The van der Waals surface area contributed by atoms with E-state index < -0.39 is 0 Å². The monoisotopic (exact) mass is 312 g/mol. The third-order valence-electron chi connectivity index (χ3n) is 3.99. The number of amides is 1. The summed E-state index contributed by atoms with van der Waals surface area (Å²) in [4.78, 5) is 11.6. The smallest absolute Gasteiger partial charge is 0.220 e. The molecule has 0 atom stereocenters. The van der Waals surface area contributed by atoms with E-state index >= 15 is 0 Å². The predicted octanol–water partition coefficient (Wildman–Crippen LogP) is 4.66. The first-order valence-electron chi connectivity index (χ1n) is 9.64. The number of rotatable bonds is 16. The van der Waals surface area contributed by atoms with Gasteiger partial charge in [0.1, 0.15) is 0 Å². The lowest BCUT2D eigenvalue weighted by atomic mass is 10.0. The summed E-state index contributed by atoms with van der Waals surface area (Å²) >= 11 is 0. The van der Waals surface area contributed by atoms with Crippen molar-refractivity contribution >= 4 is 5.91 Å². The van der Waals surface area contributed by atoms with Crippen LogP contribution < -0.4 is 10.6 Å². The fourth-order valence-corrected chi connectivity index (χ4v) is 2.58. The molecule has 0 fully saturated rings. The third-order valence-corrected chi connectivity index (χ3v) is 3.99. The van der Waals surface area contributed by atoms with Crippen LogP contribution in [0.15, 0.2) is 0 Å². The van der Waals surface area contributed by atoms with Crippen LogP contribution in [0, 0.1) is 5.92 Å². The summed E-state index contributed by atoms with van der Waals surface area (Å²) in [5.74, 6) is 1.07. The Morgan fingerprint density at radius 3 is 2.00 bits per heavy atom. The number of nitrogens with one attached hydrogen (secondary N) is 2. The molecule has 0 aromatic carbocycles. The second kappa shape index (κ2) is 16.8. The molecule has 0 aromatic rings. The van der Waals surface area contributed by atoms with Crippen molar-refractivity contribution in [3.05, 3.63) is 0 Å². The van der Waals surface area contributed by atoms with Crippen molar-refractivity contribution < 1.29 is 4.79 Å². The average Bonchev–Trinajstić information content (AvgIpc) is 2.48. The quantitative estimate of drug-likeness (QED) is 0.407. The van der Waals surface area contributed by atoms with Gasteiger partial charge in [0.15, 0.2) is 0 Å². The fourth-order valence-electron chi connectivity index (χ4n) is 2.58. The Kier molecular flexibility index (Phi) is 16.4. The van der Waals surface area contributed by atoms with Crippen LogP contribution in [0.1, 0.15) is 91.4 Å². The van der Waals surface area contributed by atoms with Crippen molar-refractivity contribution in [2.45, 2.75) is 91.4 Å². The molecule has 3 nitrogen and oxygen atoms in total. The summed E-state index contributed by atoms with van der Waals surface area (Å²) in [7, 11) is 0. The second-order valence-electron chi connectivity index (χ2n) is 6.86. The molecule has 0 aliphatic carbocycles. The molecule has 0 aliphatic rings. The van der Waals surface area contributed by atoms with E-state index in [4.69, 9.17) is 0 Å². The van der Waals surface area contributed by atoms with E-state index in [0.717, 1.165) is 38.4 Å². The Morgan fingerprint density at radius 2 is 1.41 bits per heavy atom. The van der Waals surface area contributed by atoms with Gasteiger partial charge in [-0.15, -0.1) is 0 Å². The van der Waals surface area contributed by atoms with E-state index in [1.54, 1.807) is 0 Å². The summed E-state index contributed by atoms with van der Waals surface area (Å²) in [6.45, 7) is 9.44. The molecule has 0 unspecified atom stereocenters. The van der Waals surface area contributed by atoms with Crippen molar-refractivity contribution in [2.24, 2.45) is 5.92 Å². The van der Waals surface area contributed by atoms with Crippen molar-refractivity contribution in [2.75, 3.05) is 19.6 Å². The molecule has 3 heteroatoms. The lowest BCUT2D eigenvalue weighted by Gasteiger charge is -2.06. The highest BCUT2D eigenvalue weighted by atomic mass is 16.1. The van der Waals surface area contributed by atoms with Gasteiger partial charge in [-0.1, -0.05) is 72.1 Å². The zero-order chi connectivity index (χ0) is 16.5. The minimum absolute atomic E-state index is 0.215. The molecular formula is C19H40N2O. The SMILES string of the molecule is CCCNCCNC(=O)CCCCCCCCCCC(C)C. The number of hydrogen-bond donors (Lipinski definition) is 2. The van der Waals surface area contributed by atoms with Crippen LogP contribution in [0.25, 0.3) is 0 Å². The van der Waals surface area contributed by atoms with Gasteiger partial charge in [-0.2, -0.15) is 0 Å². The standard InChI is InChI=1S/C19H40N2O/c1-4-15-20-16-17-21-19(22)14-12-10-8-6-5-7-9-11-13-18(2)3/h18,20H,4-17H2,1-3H3,(H,21,22). The van der Waals surface area contributed by atoms with E-state index in [9.17, 15) is 4.79 Å². The maximum Gasteiger partial charge on any atom is 0.220 e. The summed E-state index contributed by atoms with van der Waals surface area (Å²) in [6, 6.07) is 0. The second-order valence-corrected chi connectivity index (χ2v) is 6.86. The largest absolute Gasteiger partial charge is 0.355 e. The maximum absolute atomic E-state index is 11.6. The van der Waals surface area contributed by atoms with Gasteiger partial charge >= 0.3 is 0 Å². The molecule has 0 saturated carbocycles. The maximum atomic E-state index is 11.6. The molecule has 0 aromatic heterocycles. The third kappa shape index (κ3) is 17.5. The van der Waals surface area contributed by atoms with Crippen molar-refractivity contribution in [1.82, 2.24) is 10.6 Å². The van der Waals surface area contributed by atoms with Gasteiger partial charge in [0.25, 0.3) is 0 Å². The van der Waals surface area contributed by atoms with Crippen LogP contribution in [0.2, 0.25) is 0 Å². The van der Waals surface area contributed by atoms with Gasteiger partial charge in [-0.3, -0.25) is 4.79 Å². The van der Waals surface area contributed by atoms with Crippen molar-refractivity contribution in [3.63, 3.8) is 0 Å². The molecule has 0 aliphatic heterocycles.